The first-order chi connectivity index (χ1) is 20.9. The van der Waals surface area contributed by atoms with Crippen molar-refractivity contribution in [2.45, 2.75) is 18.3 Å². The van der Waals surface area contributed by atoms with Crippen molar-refractivity contribution in [3.05, 3.63) is 103 Å². The number of nitrogens with zero attached hydrogens (tertiary/aromatic N) is 3. The first kappa shape index (κ1) is 28.0. The van der Waals surface area contributed by atoms with Gasteiger partial charge in [-0.25, -0.2) is 22.7 Å². The quantitative estimate of drug-likeness (QED) is 0.175. The molecule has 1 amide bonds. The zero-order chi connectivity index (χ0) is 30.0. The third-order valence-corrected chi connectivity index (χ3v) is 8.14. The second-order valence-corrected chi connectivity index (χ2v) is 11.0. The van der Waals surface area contributed by atoms with E-state index in [1.807, 2.05) is 36.4 Å². The van der Waals surface area contributed by atoms with Crippen molar-refractivity contribution in [1.82, 2.24) is 9.97 Å². The zero-order valence-corrected chi connectivity index (χ0v) is 24.4. The number of amides is 1. The fourth-order valence-electron chi connectivity index (χ4n) is 5.03. The molecule has 1 aliphatic rings. The number of hydrogen-bond acceptors (Lipinski definition) is 8. The average Bonchev–Trinajstić information content (AvgIpc) is 3.84. The number of nitrogens with one attached hydrogen (secondary N) is 2. The Balaban J connectivity index is 1.39. The van der Waals surface area contributed by atoms with E-state index in [0.29, 0.717) is 33.9 Å². The summed E-state index contributed by atoms with van der Waals surface area (Å²) in [5.74, 6) is 1.20. The number of benzene rings is 4. The SMILES string of the molecule is COc1cc(Nc2nc3ccccc3nc2N(c2cccc(NC(=O)C3(c4ccccc4)CC3)c2)[SH](=O)=O)cc(OC)c1. The minimum atomic E-state index is -3.23. The number of methoxy groups -OCH3 is 2. The molecule has 4 aromatic carbocycles. The standard InChI is InChI=1S/C32H29N5O5S/c1-41-25-18-23(19-26(20-25)42-2)33-29-30(36-28-14-7-6-13-27(28)35-29)37(43(39)40)24-12-8-11-22(17-24)34-31(38)32(15-16-32)21-9-4-3-5-10-21/h3-14,17-20,43H,15-16H2,1-2H3,(H,33,35)(H,34,38). The Morgan fingerprint density at radius 2 is 1.44 bits per heavy atom. The lowest BCUT2D eigenvalue weighted by atomic mass is 9.95. The molecule has 43 heavy (non-hydrogen) atoms. The van der Waals surface area contributed by atoms with Gasteiger partial charge in [-0.2, -0.15) is 0 Å². The highest BCUT2D eigenvalue weighted by Crippen LogP contribution is 2.49. The van der Waals surface area contributed by atoms with Gasteiger partial charge in [-0.05, 0) is 48.7 Å². The monoisotopic (exact) mass is 595 g/mol. The van der Waals surface area contributed by atoms with Crippen LogP contribution in [-0.4, -0.2) is 38.5 Å². The van der Waals surface area contributed by atoms with E-state index in [2.05, 4.69) is 10.6 Å². The lowest BCUT2D eigenvalue weighted by Crippen LogP contribution is -2.27. The van der Waals surface area contributed by atoms with Crippen LogP contribution in [0.4, 0.5) is 28.7 Å². The number of ether oxygens (including phenoxy) is 2. The Hall–Kier alpha value is -5.16. The molecule has 1 aliphatic carbocycles. The molecule has 218 valence electrons. The van der Waals surface area contributed by atoms with E-state index in [-0.39, 0.29) is 23.2 Å². The number of aromatic nitrogens is 2. The summed E-state index contributed by atoms with van der Waals surface area (Å²) in [5, 5.41) is 6.20. The molecule has 0 unspecified atom stereocenters. The van der Waals surface area contributed by atoms with Crippen molar-refractivity contribution >= 4 is 56.5 Å². The minimum Gasteiger partial charge on any atom is -0.497 e. The van der Waals surface area contributed by atoms with Crippen LogP contribution in [-0.2, 0) is 21.1 Å². The third kappa shape index (κ3) is 5.67. The number of hydrogen-bond donors (Lipinski definition) is 3. The Labute approximate surface area is 250 Å². The van der Waals surface area contributed by atoms with Gasteiger partial charge in [0.25, 0.3) is 0 Å². The van der Waals surface area contributed by atoms with E-state index in [1.54, 1.807) is 74.9 Å². The van der Waals surface area contributed by atoms with Crippen LogP contribution in [0.2, 0.25) is 0 Å². The largest absolute Gasteiger partial charge is 0.497 e. The van der Waals surface area contributed by atoms with Crippen LogP contribution >= 0.6 is 0 Å². The predicted molar refractivity (Wildman–Crippen MR) is 167 cm³/mol. The molecular formula is C32H29N5O5S. The van der Waals surface area contributed by atoms with Crippen LogP contribution < -0.4 is 24.4 Å². The Bertz CT molecular complexity index is 1860. The zero-order valence-electron chi connectivity index (χ0n) is 23.5. The topological polar surface area (TPSA) is 123 Å². The molecule has 6 rings (SSSR count). The lowest BCUT2D eigenvalue weighted by molar-refractivity contribution is -0.118. The Morgan fingerprint density at radius 3 is 2.07 bits per heavy atom. The molecule has 0 bridgehead atoms. The molecule has 11 heteroatoms. The normalized spacial score (nSPS) is 13.4. The second-order valence-electron chi connectivity index (χ2n) is 10.1. The van der Waals surface area contributed by atoms with Gasteiger partial charge in [0.15, 0.2) is 11.6 Å². The summed E-state index contributed by atoms with van der Waals surface area (Å²) in [5.41, 5.74) is 2.77. The molecule has 1 heterocycles. The van der Waals surface area contributed by atoms with Gasteiger partial charge in [-0.3, -0.25) is 4.79 Å². The number of carbonyl (C=O) groups is 1. The predicted octanol–water partition coefficient (Wildman–Crippen LogP) is 5.73. The molecule has 1 aromatic heterocycles. The van der Waals surface area contributed by atoms with Gasteiger partial charge in [0.1, 0.15) is 11.5 Å². The van der Waals surface area contributed by atoms with Gasteiger partial charge < -0.3 is 20.1 Å². The number of carbonyl (C=O) groups excluding carboxylic acids is 1. The number of fused-ring (bicyclic) bond motifs is 1. The lowest BCUT2D eigenvalue weighted by Gasteiger charge is -2.22. The van der Waals surface area contributed by atoms with E-state index >= 15 is 0 Å². The van der Waals surface area contributed by atoms with Crippen LogP contribution in [0.1, 0.15) is 18.4 Å². The maximum atomic E-state index is 13.4. The number of para-hydroxylation sites is 2. The minimum absolute atomic E-state index is 0.0584. The molecule has 0 spiro atoms. The van der Waals surface area contributed by atoms with Crippen LogP contribution in [0, 0.1) is 0 Å². The first-order valence-electron chi connectivity index (χ1n) is 13.6. The van der Waals surface area contributed by atoms with Crippen molar-refractivity contribution in [3.63, 3.8) is 0 Å². The molecule has 0 atom stereocenters. The van der Waals surface area contributed by atoms with Crippen LogP contribution in [0.5, 0.6) is 11.5 Å². The second kappa shape index (κ2) is 11.6. The highest BCUT2D eigenvalue weighted by atomic mass is 32.2. The molecule has 2 N–H and O–H groups in total. The van der Waals surface area contributed by atoms with Gasteiger partial charge in [0.05, 0.1) is 36.4 Å². The van der Waals surface area contributed by atoms with Crippen LogP contribution in [0.25, 0.3) is 11.0 Å². The van der Waals surface area contributed by atoms with Crippen LogP contribution in [0.15, 0.2) is 97.1 Å². The van der Waals surface area contributed by atoms with Crippen LogP contribution in [0.3, 0.4) is 0 Å². The summed E-state index contributed by atoms with van der Waals surface area (Å²) < 4.78 is 37.6. The molecule has 5 aromatic rings. The summed E-state index contributed by atoms with van der Waals surface area (Å²) in [6.07, 6.45) is 1.50. The van der Waals surface area contributed by atoms with Gasteiger partial charge in [0.2, 0.25) is 16.8 Å². The van der Waals surface area contributed by atoms with Gasteiger partial charge in [-0.1, -0.05) is 48.5 Å². The fourth-order valence-corrected chi connectivity index (χ4v) is 5.63. The molecule has 10 nitrogen and oxygen atoms in total. The average molecular weight is 596 g/mol. The molecule has 0 radical (unpaired) electrons. The summed E-state index contributed by atoms with van der Waals surface area (Å²) in [7, 11) is -0.148. The maximum Gasteiger partial charge on any atom is 0.235 e. The summed E-state index contributed by atoms with van der Waals surface area (Å²) in [6.45, 7) is 0. The van der Waals surface area contributed by atoms with Crippen molar-refractivity contribution in [2.24, 2.45) is 0 Å². The van der Waals surface area contributed by atoms with Gasteiger partial charge in [-0.15, -0.1) is 0 Å². The van der Waals surface area contributed by atoms with E-state index in [4.69, 9.17) is 19.4 Å². The smallest absolute Gasteiger partial charge is 0.235 e. The molecule has 0 saturated heterocycles. The fraction of sp³-hybridized carbons (Fsp3) is 0.156. The Morgan fingerprint density at radius 1 is 0.791 bits per heavy atom. The van der Waals surface area contributed by atoms with E-state index < -0.39 is 16.3 Å². The van der Waals surface area contributed by atoms with Crippen molar-refractivity contribution in [2.75, 3.05) is 29.2 Å². The van der Waals surface area contributed by atoms with Crippen molar-refractivity contribution in [3.8, 4) is 11.5 Å². The summed E-state index contributed by atoms with van der Waals surface area (Å²) in [4.78, 5) is 22.8. The van der Waals surface area contributed by atoms with Gasteiger partial charge >= 0.3 is 0 Å². The number of thiol groups is 1. The molecular weight excluding hydrogens is 566 g/mol. The first-order valence-corrected chi connectivity index (χ1v) is 14.7. The molecule has 1 saturated carbocycles. The maximum absolute atomic E-state index is 13.4. The summed E-state index contributed by atoms with van der Waals surface area (Å²) >= 11 is 0. The van der Waals surface area contributed by atoms with E-state index in [9.17, 15) is 13.2 Å². The highest BCUT2D eigenvalue weighted by Gasteiger charge is 2.51. The Kier molecular flexibility index (Phi) is 7.56. The summed E-state index contributed by atoms with van der Waals surface area (Å²) in [6, 6.07) is 28.7. The van der Waals surface area contributed by atoms with Gasteiger partial charge in [0, 0.05) is 29.6 Å². The third-order valence-electron chi connectivity index (χ3n) is 7.39. The number of anilines is 5. The number of rotatable bonds is 10. The highest BCUT2D eigenvalue weighted by molar-refractivity contribution is 7.74. The van der Waals surface area contributed by atoms with E-state index in [1.165, 1.54) is 0 Å². The van der Waals surface area contributed by atoms with Crippen molar-refractivity contribution in [1.29, 1.82) is 0 Å². The molecule has 1 fully saturated rings. The van der Waals surface area contributed by atoms with E-state index in [0.717, 1.165) is 22.7 Å². The van der Waals surface area contributed by atoms with Crippen molar-refractivity contribution < 1.29 is 22.7 Å². The molecule has 0 aliphatic heterocycles.